The Morgan fingerprint density at radius 3 is 2.81 bits per heavy atom. The molecule has 0 spiro atoms. The van der Waals surface area contributed by atoms with E-state index in [-0.39, 0.29) is 18.0 Å². The highest BCUT2D eigenvalue weighted by Gasteiger charge is 2.17. The summed E-state index contributed by atoms with van der Waals surface area (Å²) in [6, 6.07) is 2.63. The third kappa shape index (κ3) is 2.63. The summed E-state index contributed by atoms with van der Waals surface area (Å²) in [5.41, 5.74) is 5.39. The van der Waals surface area contributed by atoms with Gasteiger partial charge in [-0.25, -0.2) is 0 Å². The number of halogens is 1. The van der Waals surface area contributed by atoms with Gasteiger partial charge in [0.2, 0.25) is 0 Å². The van der Waals surface area contributed by atoms with Crippen LogP contribution in [0.3, 0.4) is 0 Å². The molecule has 0 bridgehead atoms. The van der Waals surface area contributed by atoms with Crippen LogP contribution in [-0.4, -0.2) is 18.6 Å². The zero-order valence-corrected chi connectivity index (χ0v) is 9.25. The molecule has 16 heavy (non-hydrogen) atoms. The number of hydrogen-bond acceptors (Lipinski definition) is 4. The lowest BCUT2D eigenvalue weighted by Crippen LogP contribution is -1.96. The Morgan fingerprint density at radius 2 is 2.31 bits per heavy atom. The van der Waals surface area contributed by atoms with Gasteiger partial charge < -0.3 is 10.5 Å². The number of nitro groups is 1. The van der Waals surface area contributed by atoms with Crippen LogP contribution in [0.15, 0.2) is 12.1 Å². The van der Waals surface area contributed by atoms with Gasteiger partial charge in [-0.1, -0.05) is 23.4 Å². The summed E-state index contributed by atoms with van der Waals surface area (Å²) < 4.78 is 4.85. The summed E-state index contributed by atoms with van der Waals surface area (Å²) in [7, 11) is 1.34. The quantitative estimate of drug-likeness (QED) is 0.483. The van der Waals surface area contributed by atoms with E-state index in [0.717, 1.165) is 0 Å². The van der Waals surface area contributed by atoms with Crippen molar-refractivity contribution in [3.8, 4) is 17.6 Å². The van der Waals surface area contributed by atoms with Crippen LogP contribution < -0.4 is 10.5 Å². The lowest BCUT2D eigenvalue weighted by molar-refractivity contribution is -0.385. The van der Waals surface area contributed by atoms with E-state index in [0.29, 0.717) is 10.6 Å². The van der Waals surface area contributed by atoms with Crippen LogP contribution in [0.1, 0.15) is 5.56 Å². The maximum atomic E-state index is 10.7. The number of rotatable bonds is 2. The molecule has 0 aliphatic rings. The van der Waals surface area contributed by atoms with E-state index in [4.69, 9.17) is 22.1 Å². The second-order valence-electron chi connectivity index (χ2n) is 2.77. The fourth-order valence-corrected chi connectivity index (χ4v) is 1.29. The highest BCUT2D eigenvalue weighted by atomic mass is 35.5. The molecule has 0 aromatic heterocycles. The van der Waals surface area contributed by atoms with Crippen LogP contribution in [0, 0.1) is 22.0 Å². The number of benzene rings is 1. The summed E-state index contributed by atoms with van der Waals surface area (Å²) in [5, 5.41) is 11.0. The van der Waals surface area contributed by atoms with E-state index in [1.54, 1.807) is 0 Å². The largest absolute Gasteiger partial charge is 0.490 e. The smallest absolute Gasteiger partial charge is 0.312 e. The van der Waals surface area contributed by atoms with Crippen LogP contribution in [-0.2, 0) is 0 Å². The molecule has 1 rings (SSSR count). The highest BCUT2D eigenvalue weighted by Crippen LogP contribution is 2.32. The molecule has 0 atom stereocenters. The molecule has 1 aromatic carbocycles. The fraction of sp³-hybridized carbons (Fsp3) is 0.200. The van der Waals surface area contributed by atoms with Crippen LogP contribution in [0.4, 0.5) is 5.69 Å². The van der Waals surface area contributed by atoms with E-state index in [2.05, 4.69) is 11.8 Å². The summed E-state index contributed by atoms with van der Waals surface area (Å²) >= 11 is 5.87. The summed E-state index contributed by atoms with van der Waals surface area (Å²) in [5.74, 6) is 5.34. The molecule has 0 saturated carbocycles. The molecule has 2 N–H and O–H groups in total. The lowest BCUT2D eigenvalue weighted by Gasteiger charge is -2.03. The minimum absolute atomic E-state index is 0.105. The van der Waals surface area contributed by atoms with E-state index >= 15 is 0 Å². The number of nitro benzene ring substituents is 1. The Labute approximate surface area is 97.3 Å². The minimum Gasteiger partial charge on any atom is -0.490 e. The van der Waals surface area contributed by atoms with Gasteiger partial charge in [0.15, 0.2) is 5.75 Å². The van der Waals surface area contributed by atoms with E-state index in [1.165, 1.54) is 19.2 Å². The molecule has 0 aliphatic carbocycles. The molecular formula is C10H9ClN2O3. The Morgan fingerprint density at radius 1 is 1.62 bits per heavy atom. The zero-order chi connectivity index (χ0) is 12.1. The normalized spacial score (nSPS) is 9.19. The number of nitrogens with two attached hydrogens (primary N) is 1. The molecule has 0 heterocycles. The van der Waals surface area contributed by atoms with Crippen LogP contribution in [0.5, 0.6) is 5.75 Å². The summed E-state index contributed by atoms with van der Waals surface area (Å²) in [6.07, 6.45) is 0. The Kier molecular flexibility index (Phi) is 4.11. The molecule has 0 radical (unpaired) electrons. The fourth-order valence-electron chi connectivity index (χ4n) is 1.09. The Bertz CT molecular complexity index is 477. The van der Waals surface area contributed by atoms with Crippen molar-refractivity contribution in [3.63, 3.8) is 0 Å². The number of methoxy groups -OCH3 is 1. The Balaban J connectivity index is 3.33. The first-order valence-electron chi connectivity index (χ1n) is 4.31. The molecule has 5 nitrogen and oxygen atoms in total. The first-order valence-corrected chi connectivity index (χ1v) is 4.68. The third-order valence-corrected chi connectivity index (χ3v) is 2.10. The average Bonchev–Trinajstić information content (AvgIpc) is 2.26. The second kappa shape index (κ2) is 5.35. The average molecular weight is 241 g/mol. The van der Waals surface area contributed by atoms with Crippen molar-refractivity contribution in [2.45, 2.75) is 0 Å². The van der Waals surface area contributed by atoms with Gasteiger partial charge in [-0.15, -0.1) is 0 Å². The van der Waals surface area contributed by atoms with Crippen LogP contribution in [0.2, 0.25) is 5.02 Å². The predicted octanol–water partition coefficient (Wildman–Crippen LogP) is 1.57. The Hall–Kier alpha value is -1.77. The van der Waals surface area contributed by atoms with Gasteiger partial charge in [-0.3, -0.25) is 10.1 Å². The highest BCUT2D eigenvalue weighted by molar-refractivity contribution is 6.32. The lowest BCUT2D eigenvalue weighted by atomic mass is 10.2. The molecular weight excluding hydrogens is 232 g/mol. The van der Waals surface area contributed by atoms with Gasteiger partial charge in [0.05, 0.1) is 29.2 Å². The van der Waals surface area contributed by atoms with Crippen molar-refractivity contribution in [1.29, 1.82) is 0 Å². The zero-order valence-electron chi connectivity index (χ0n) is 8.49. The van der Waals surface area contributed by atoms with E-state index < -0.39 is 4.92 Å². The molecule has 6 heteroatoms. The van der Waals surface area contributed by atoms with Gasteiger partial charge in [0, 0.05) is 12.1 Å². The van der Waals surface area contributed by atoms with E-state index in [1.807, 2.05) is 0 Å². The van der Waals surface area contributed by atoms with Gasteiger partial charge >= 0.3 is 5.69 Å². The number of nitrogens with zero attached hydrogens (tertiary/aromatic N) is 1. The van der Waals surface area contributed by atoms with Crippen molar-refractivity contribution >= 4 is 17.3 Å². The van der Waals surface area contributed by atoms with Gasteiger partial charge in [-0.2, -0.15) is 0 Å². The summed E-state index contributed by atoms with van der Waals surface area (Å²) in [4.78, 5) is 10.2. The first-order chi connectivity index (χ1) is 7.60. The monoisotopic (exact) mass is 240 g/mol. The molecule has 0 aliphatic heterocycles. The SMILES string of the molecule is COc1cc(Cl)c(C#CCN)cc1[N+](=O)[O-]. The van der Waals surface area contributed by atoms with Gasteiger partial charge in [-0.05, 0) is 0 Å². The maximum absolute atomic E-state index is 10.7. The topological polar surface area (TPSA) is 78.4 Å². The van der Waals surface area contributed by atoms with Crippen molar-refractivity contribution in [3.05, 3.63) is 32.8 Å². The molecule has 0 saturated heterocycles. The van der Waals surface area contributed by atoms with Gasteiger partial charge in [0.1, 0.15) is 0 Å². The molecule has 0 fully saturated rings. The van der Waals surface area contributed by atoms with Crippen molar-refractivity contribution in [2.75, 3.05) is 13.7 Å². The third-order valence-electron chi connectivity index (χ3n) is 1.79. The molecule has 0 amide bonds. The predicted molar refractivity (Wildman–Crippen MR) is 60.6 cm³/mol. The van der Waals surface area contributed by atoms with E-state index in [9.17, 15) is 10.1 Å². The van der Waals surface area contributed by atoms with Crippen molar-refractivity contribution in [2.24, 2.45) is 5.73 Å². The van der Waals surface area contributed by atoms with Crippen LogP contribution in [0.25, 0.3) is 0 Å². The minimum atomic E-state index is -0.553. The molecule has 0 unspecified atom stereocenters. The first kappa shape index (κ1) is 12.3. The second-order valence-corrected chi connectivity index (χ2v) is 3.17. The molecule has 84 valence electrons. The summed E-state index contributed by atoms with van der Waals surface area (Å²) in [6.45, 7) is 0.163. The number of ether oxygens (including phenoxy) is 1. The standard InChI is InChI=1S/C10H9ClN2O3/c1-16-10-6-8(11)7(3-2-4-12)5-9(10)13(14)15/h5-6H,4,12H2,1H3. The molecule has 1 aromatic rings. The van der Waals surface area contributed by atoms with Gasteiger partial charge in [0.25, 0.3) is 0 Å². The number of hydrogen-bond donors (Lipinski definition) is 1. The van der Waals surface area contributed by atoms with Crippen molar-refractivity contribution in [1.82, 2.24) is 0 Å². The maximum Gasteiger partial charge on any atom is 0.312 e. The van der Waals surface area contributed by atoms with Crippen LogP contribution >= 0.6 is 11.6 Å². The van der Waals surface area contributed by atoms with Crippen molar-refractivity contribution < 1.29 is 9.66 Å².